The van der Waals surface area contributed by atoms with E-state index in [-0.39, 0.29) is 16.1 Å². The Morgan fingerprint density at radius 2 is 1.79 bits per heavy atom. The maximum atomic E-state index is 13.5. The minimum absolute atomic E-state index is 0.0249. The molecule has 3 rings (SSSR count). The third-order valence-electron chi connectivity index (χ3n) is 2.70. The Kier molecular flexibility index (Phi) is 2.71. The molecular weight excluding hydrogens is 277 g/mol. The molecule has 0 aliphatic carbocycles. The Morgan fingerprint density at radius 3 is 2.53 bits per heavy atom. The summed E-state index contributed by atoms with van der Waals surface area (Å²) in [5.74, 6) is -1.72. The molecule has 0 amide bonds. The molecule has 0 atom stereocenters. The lowest BCUT2D eigenvalue weighted by Gasteiger charge is -1.98. The van der Waals surface area contributed by atoms with Crippen LogP contribution < -0.4 is 0 Å². The van der Waals surface area contributed by atoms with Gasteiger partial charge in [-0.05, 0) is 24.3 Å². The van der Waals surface area contributed by atoms with Gasteiger partial charge in [0.2, 0.25) is 0 Å². The van der Waals surface area contributed by atoms with Crippen LogP contribution in [0.15, 0.2) is 30.3 Å². The monoisotopic (exact) mass is 282 g/mol. The zero-order chi connectivity index (χ0) is 13.6. The van der Waals surface area contributed by atoms with Crippen LogP contribution in [0.3, 0.4) is 0 Å². The summed E-state index contributed by atoms with van der Waals surface area (Å²) < 4.78 is 39.6. The molecule has 0 fully saturated rings. The van der Waals surface area contributed by atoms with E-state index < -0.39 is 17.5 Å². The summed E-state index contributed by atoms with van der Waals surface area (Å²) in [6.45, 7) is 0. The first-order chi connectivity index (χ1) is 9.04. The molecule has 0 bridgehead atoms. The highest BCUT2D eigenvalue weighted by Gasteiger charge is 2.12. The molecule has 2 aromatic carbocycles. The Morgan fingerprint density at radius 1 is 1.00 bits per heavy atom. The lowest BCUT2D eigenvalue weighted by molar-refractivity contribution is 0.590. The van der Waals surface area contributed by atoms with Crippen molar-refractivity contribution in [2.75, 3.05) is 0 Å². The molecule has 96 valence electrons. The van der Waals surface area contributed by atoms with Gasteiger partial charge in [0, 0.05) is 11.6 Å². The first-order valence-electron chi connectivity index (χ1n) is 5.35. The highest BCUT2D eigenvalue weighted by molar-refractivity contribution is 6.31. The van der Waals surface area contributed by atoms with E-state index in [1.54, 1.807) is 0 Å². The summed E-state index contributed by atoms with van der Waals surface area (Å²) in [7, 11) is 0. The molecule has 1 N–H and O–H groups in total. The van der Waals surface area contributed by atoms with Gasteiger partial charge in [0.1, 0.15) is 23.0 Å². The molecule has 0 saturated carbocycles. The predicted molar refractivity (Wildman–Crippen MR) is 66.4 cm³/mol. The van der Waals surface area contributed by atoms with Crippen molar-refractivity contribution in [1.29, 1.82) is 0 Å². The molecule has 3 aromatic rings. The third kappa shape index (κ3) is 2.06. The van der Waals surface area contributed by atoms with E-state index in [0.29, 0.717) is 11.4 Å². The van der Waals surface area contributed by atoms with Gasteiger partial charge in [-0.2, -0.15) is 0 Å². The van der Waals surface area contributed by atoms with Crippen LogP contribution in [0.1, 0.15) is 0 Å². The standard InChI is InChI=1S/C13H6ClF3N2/c14-8-3-6(1-2-9(8)16)13-18-11-5-7(15)4-10(17)12(11)19-13/h1-5H,(H,18,19). The van der Waals surface area contributed by atoms with Crippen molar-refractivity contribution in [1.82, 2.24) is 9.97 Å². The first kappa shape index (κ1) is 12.0. The van der Waals surface area contributed by atoms with E-state index in [0.717, 1.165) is 12.1 Å². The summed E-state index contributed by atoms with van der Waals surface area (Å²) in [5.41, 5.74) is 0.743. The SMILES string of the molecule is Fc1cc(F)c2nc(-c3ccc(F)c(Cl)c3)[nH]c2c1. The molecule has 1 heterocycles. The minimum Gasteiger partial charge on any atom is -0.338 e. The van der Waals surface area contributed by atoms with E-state index in [1.807, 2.05) is 0 Å². The fourth-order valence-corrected chi connectivity index (χ4v) is 2.00. The number of halogens is 4. The summed E-state index contributed by atoms with van der Waals surface area (Å²) in [5, 5.41) is -0.0652. The second-order valence-corrected chi connectivity index (χ2v) is 4.41. The van der Waals surface area contributed by atoms with Crippen LogP contribution in [0.4, 0.5) is 13.2 Å². The predicted octanol–water partition coefficient (Wildman–Crippen LogP) is 4.30. The van der Waals surface area contributed by atoms with Crippen molar-refractivity contribution < 1.29 is 13.2 Å². The largest absolute Gasteiger partial charge is 0.338 e. The number of aromatic amines is 1. The molecule has 0 unspecified atom stereocenters. The molecule has 0 saturated heterocycles. The fraction of sp³-hybridized carbons (Fsp3) is 0. The summed E-state index contributed by atoms with van der Waals surface area (Å²) in [6, 6.07) is 5.89. The molecular formula is C13H6ClF3N2. The van der Waals surface area contributed by atoms with Gasteiger partial charge in [0.05, 0.1) is 10.5 Å². The van der Waals surface area contributed by atoms with Crippen LogP contribution in [-0.2, 0) is 0 Å². The summed E-state index contributed by atoms with van der Waals surface area (Å²) >= 11 is 5.67. The first-order valence-corrected chi connectivity index (χ1v) is 5.72. The van der Waals surface area contributed by atoms with Gasteiger partial charge in [-0.25, -0.2) is 18.2 Å². The van der Waals surface area contributed by atoms with Gasteiger partial charge >= 0.3 is 0 Å². The van der Waals surface area contributed by atoms with Gasteiger partial charge in [-0.3, -0.25) is 0 Å². The van der Waals surface area contributed by atoms with Crippen LogP contribution in [-0.4, -0.2) is 9.97 Å². The molecule has 6 heteroatoms. The Balaban J connectivity index is 2.20. The highest BCUT2D eigenvalue weighted by Crippen LogP contribution is 2.26. The van der Waals surface area contributed by atoms with Crippen LogP contribution in [0.25, 0.3) is 22.4 Å². The molecule has 0 aliphatic rings. The summed E-state index contributed by atoms with van der Waals surface area (Å²) in [6.07, 6.45) is 0. The maximum absolute atomic E-state index is 13.5. The molecule has 0 spiro atoms. The van der Waals surface area contributed by atoms with Gasteiger partial charge < -0.3 is 4.98 Å². The Labute approximate surface area is 110 Å². The normalized spacial score (nSPS) is 11.2. The fourth-order valence-electron chi connectivity index (χ4n) is 1.82. The van der Waals surface area contributed by atoms with Gasteiger partial charge in [0.25, 0.3) is 0 Å². The number of nitrogens with one attached hydrogen (secondary N) is 1. The van der Waals surface area contributed by atoms with Crippen LogP contribution >= 0.6 is 11.6 Å². The zero-order valence-electron chi connectivity index (χ0n) is 9.35. The van der Waals surface area contributed by atoms with Crippen LogP contribution in [0.2, 0.25) is 5.02 Å². The lowest BCUT2D eigenvalue weighted by atomic mass is 10.2. The highest BCUT2D eigenvalue weighted by atomic mass is 35.5. The van der Waals surface area contributed by atoms with E-state index in [4.69, 9.17) is 11.6 Å². The van der Waals surface area contributed by atoms with Gasteiger partial charge in [0.15, 0.2) is 5.82 Å². The number of benzene rings is 2. The van der Waals surface area contributed by atoms with E-state index in [2.05, 4.69) is 9.97 Å². The van der Waals surface area contributed by atoms with Crippen LogP contribution in [0, 0.1) is 17.5 Å². The third-order valence-corrected chi connectivity index (χ3v) is 2.99. The molecule has 19 heavy (non-hydrogen) atoms. The number of H-pyrrole nitrogens is 1. The van der Waals surface area contributed by atoms with Crippen molar-refractivity contribution in [3.05, 3.63) is 52.8 Å². The average Bonchev–Trinajstić information content (AvgIpc) is 2.76. The average molecular weight is 283 g/mol. The van der Waals surface area contributed by atoms with Crippen molar-refractivity contribution >= 4 is 22.6 Å². The summed E-state index contributed by atoms with van der Waals surface area (Å²) in [4.78, 5) is 6.78. The second-order valence-electron chi connectivity index (χ2n) is 4.00. The molecule has 0 aliphatic heterocycles. The molecule has 1 aromatic heterocycles. The van der Waals surface area contributed by atoms with Gasteiger partial charge in [-0.1, -0.05) is 11.6 Å². The number of hydrogen-bond acceptors (Lipinski definition) is 1. The minimum atomic E-state index is -0.759. The van der Waals surface area contributed by atoms with Crippen molar-refractivity contribution in [3.63, 3.8) is 0 Å². The number of imidazole rings is 1. The quantitative estimate of drug-likeness (QED) is 0.708. The number of fused-ring (bicyclic) bond motifs is 1. The van der Waals surface area contributed by atoms with Crippen molar-refractivity contribution in [3.8, 4) is 11.4 Å². The Bertz CT molecular complexity index is 783. The van der Waals surface area contributed by atoms with E-state index >= 15 is 0 Å². The molecule has 0 radical (unpaired) electrons. The lowest BCUT2D eigenvalue weighted by Crippen LogP contribution is -1.83. The number of aromatic nitrogens is 2. The number of hydrogen-bond donors (Lipinski definition) is 1. The van der Waals surface area contributed by atoms with Crippen molar-refractivity contribution in [2.45, 2.75) is 0 Å². The number of rotatable bonds is 1. The second kappa shape index (κ2) is 4.28. The molecule has 2 nitrogen and oxygen atoms in total. The topological polar surface area (TPSA) is 28.7 Å². The zero-order valence-corrected chi connectivity index (χ0v) is 10.1. The number of nitrogens with zero attached hydrogens (tertiary/aromatic N) is 1. The van der Waals surface area contributed by atoms with Gasteiger partial charge in [-0.15, -0.1) is 0 Å². The smallest absolute Gasteiger partial charge is 0.153 e. The van der Waals surface area contributed by atoms with Crippen molar-refractivity contribution in [2.24, 2.45) is 0 Å². The van der Waals surface area contributed by atoms with E-state index in [9.17, 15) is 13.2 Å². The maximum Gasteiger partial charge on any atom is 0.153 e. The van der Waals surface area contributed by atoms with Crippen LogP contribution in [0.5, 0.6) is 0 Å². The Hall–Kier alpha value is -2.01. The van der Waals surface area contributed by atoms with E-state index in [1.165, 1.54) is 18.2 Å².